The van der Waals surface area contributed by atoms with E-state index in [9.17, 15) is 4.79 Å². The van der Waals surface area contributed by atoms with Gasteiger partial charge >= 0.3 is 0 Å². The van der Waals surface area contributed by atoms with Crippen molar-refractivity contribution in [3.8, 4) is 0 Å². The van der Waals surface area contributed by atoms with Crippen molar-refractivity contribution in [3.63, 3.8) is 0 Å². The molecule has 2 atom stereocenters. The van der Waals surface area contributed by atoms with Crippen LogP contribution >= 0.6 is 11.8 Å². The Morgan fingerprint density at radius 2 is 2.26 bits per heavy atom. The summed E-state index contributed by atoms with van der Waals surface area (Å²) < 4.78 is 1.90. The zero-order valence-corrected chi connectivity index (χ0v) is 11.7. The number of hydrogen-bond donors (Lipinski definition) is 2. The van der Waals surface area contributed by atoms with Gasteiger partial charge in [0, 0.05) is 11.4 Å². The first-order chi connectivity index (χ1) is 8.90. The third-order valence-corrected chi connectivity index (χ3v) is 3.92. The number of pyridine rings is 1. The number of thioether (sulfide) groups is 1. The second-order valence-electron chi connectivity index (χ2n) is 4.83. The van der Waals surface area contributed by atoms with Crippen molar-refractivity contribution in [3.05, 3.63) is 24.4 Å². The Morgan fingerprint density at radius 3 is 2.95 bits per heavy atom. The third kappa shape index (κ3) is 3.05. The van der Waals surface area contributed by atoms with E-state index >= 15 is 0 Å². The lowest BCUT2D eigenvalue weighted by Gasteiger charge is -2.23. The standard InChI is InChI=1S/C12H17N5OS/c1-8(7-12(2,14)10(13)18)19-11-16-15-9-5-3-4-6-17(9)11/h3-6,8H,7,14H2,1-2H3,(H2,13,18). The Bertz CT molecular complexity index is 595. The molecule has 4 N–H and O–H groups in total. The zero-order chi connectivity index (χ0) is 14.0. The molecule has 0 aliphatic carbocycles. The Kier molecular flexibility index (Phi) is 3.77. The van der Waals surface area contributed by atoms with E-state index in [0.29, 0.717) is 6.42 Å². The summed E-state index contributed by atoms with van der Waals surface area (Å²) in [6.07, 6.45) is 2.38. The molecule has 0 fully saturated rings. The van der Waals surface area contributed by atoms with Gasteiger partial charge in [-0.15, -0.1) is 10.2 Å². The summed E-state index contributed by atoms with van der Waals surface area (Å²) in [6.45, 7) is 3.64. The molecule has 2 rings (SSSR count). The number of carbonyl (C=O) groups is 1. The molecule has 0 radical (unpaired) electrons. The van der Waals surface area contributed by atoms with Crippen molar-refractivity contribution < 1.29 is 4.79 Å². The predicted molar refractivity (Wildman–Crippen MR) is 74.7 cm³/mol. The lowest BCUT2D eigenvalue weighted by atomic mass is 9.97. The van der Waals surface area contributed by atoms with Gasteiger partial charge < -0.3 is 11.5 Å². The van der Waals surface area contributed by atoms with Crippen LogP contribution in [0.25, 0.3) is 5.65 Å². The molecule has 19 heavy (non-hydrogen) atoms. The van der Waals surface area contributed by atoms with Gasteiger partial charge in [0.1, 0.15) is 0 Å². The fourth-order valence-electron chi connectivity index (χ4n) is 1.82. The lowest BCUT2D eigenvalue weighted by Crippen LogP contribution is -2.50. The molecule has 2 aromatic heterocycles. The summed E-state index contributed by atoms with van der Waals surface area (Å²) in [7, 11) is 0. The summed E-state index contributed by atoms with van der Waals surface area (Å²) in [6, 6.07) is 5.71. The molecular weight excluding hydrogens is 262 g/mol. The highest BCUT2D eigenvalue weighted by atomic mass is 32.2. The normalized spacial score (nSPS) is 16.2. The fourth-order valence-corrected chi connectivity index (χ4v) is 2.96. The van der Waals surface area contributed by atoms with Gasteiger partial charge in [-0.3, -0.25) is 9.20 Å². The molecule has 0 saturated carbocycles. The van der Waals surface area contributed by atoms with Gasteiger partial charge in [-0.25, -0.2) is 0 Å². The summed E-state index contributed by atoms with van der Waals surface area (Å²) in [4.78, 5) is 11.2. The van der Waals surface area contributed by atoms with Gasteiger partial charge in [0.15, 0.2) is 10.8 Å². The average molecular weight is 279 g/mol. The molecule has 1 amide bonds. The van der Waals surface area contributed by atoms with Crippen LogP contribution in [0.15, 0.2) is 29.6 Å². The number of amides is 1. The van der Waals surface area contributed by atoms with Crippen LogP contribution < -0.4 is 11.5 Å². The van der Waals surface area contributed by atoms with Crippen molar-refractivity contribution in [2.24, 2.45) is 11.5 Å². The number of fused-ring (bicyclic) bond motifs is 1. The Labute approximate surface area is 115 Å². The molecule has 0 aliphatic rings. The van der Waals surface area contributed by atoms with E-state index in [1.807, 2.05) is 35.7 Å². The zero-order valence-electron chi connectivity index (χ0n) is 10.9. The minimum Gasteiger partial charge on any atom is -0.368 e. The van der Waals surface area contributed by atoms with Crippen molar-refractivity contribution >= 4 is 23.3 Å². The molecule has 7 heteroatoms. The van der Waals surface area contributed by atoms with Crippen LogP contribution in [0.5, 0.6) is 0 Å². The summed E-state index contributed by atoms with van der Waals surface area (Å²) >= 11 is 1.53. The Morgan fingerprint density at radius 1 is 1.53 bits per heavy atom. The maximum Gasteiger partial charge on any atom is 0.237 e. The number of carbonyl (C=O) groups excluding carboxylic acids is 1. The number of primary amides is 1. The molecule has 102 valence electrons. The van der Waals surface area contributed by atoms with Crippen molar-refractivity contribution in [2.45, 2.75) is 36.2 Å². The minimum absolute atomic E-state index is 0.107. The van der Waals surface area contributed by atoms with E-state index in [2.05, 4.69) is 10.2 Å². The first kappa shape index (κ1) is 13.8. The molecule has 2 unspecified atom stereocenters. The summed E-state index contributed by atoms with van der Waals surface area (Å²) in [5.74, 6) is -0.494. The van der Waals surface area contributed by atoms with Gasteiger partial charge in [0.2, 0.25) is 5.91 Å². The molecule has 6 nitrogen and oxygen atoms in total. The maximum atomic E-state index is 11.2. The second kappa shape index (κ2) is 5.18. The molecule has 0 bridgehead atoms. The Balaban J connectivity index is 2.11. The molecule has 0 aliphatic heterocycles. The van der Waals surface area contributed by atoms with E-state index in [4.69, 9.17) is 11.5 Å². The van der Waals surface area contributed by atoms with Crippen molar-refractivity contribution in [1.29, 1.82) is 0 Å². The van der Waals surface area contributed by atoms with Crippen LogP contribution in [0.1, 0.15) is 20.3 Å². The average Bonchev–Trinajstić information content (AvgIpc) is 2.72. The van der Waals surface area contributed by atoms with E-state index < -0.39 is 11.4 Å². The van der Waals surface area contributed by atoms with Gasteiger partial charge in [0.05, 0.1) is 5.54 Å². The van der Waals surface area contributed by atoms with Gasteiger partial charge in [0.25, 0.3) is 0 Å². The number of aromatic nitrogens is 3. The van der Waals surface area contributed by atoms with Crippen LogP contribution in [0.2, 0.25) is 0 Å². The van der Waals surface area contributed by atoms with E-state index in [1.165, 1.54) is 11.8 Å². The van der Waals surface area contributed by atoms with Gasteiger partial charge in [-0.05, 0) is 25.5 Å². The molecule has 0 spiro atoms. The highest BCUT2D eigenvalue weighted by Gasteiger charge is 2.28. The third-order valence-electron chi connectivity index (χ3n) is 2.86. The van der Waals surface area contributed by atoms with Crippen molar-refractivity contribution in [1.82, 2.24) is 14.6 Å². The first-order valence-corrected chi connectivity index (χ1v) is 6.83. The monoisotopic (exact) mass is 279 g/mol. The highest BCUT2D eigenvalue weighted by molar-refractivity contribution is 7.99. The molecule has 2 aromatic rings. The second-order valence-corrected chi connectivity index (χ2v) is 6.23. The predicted octanol–water partition coefficient (Wildman–Crippen LogP) is 0.803. The number of nitrogens with zero attached hydrogens (tertiary/aromatic N) is 3. The lowest BCUT2D eigenvalue weighted by molar-refractivity contribution is -0.122. The quantitative estimate of drug-likeness (QED) is 0.789. The van der Waals surface area contributed by atoms with Crippen molar-refractivity contribution in [2.75, 3.05) is 0 Å². The molecular formula is C12H17N5OS. The van der Waals surface area contributed by atoms with E-state index in [1.54, 1.807) is 6.92 Å². The molecule has 0 saturated heterocycles. The SMILES string of the molecule is CC(CC(C)(N)C(N)=O)Sc1nnc2ccccn12. The number of hydrogen-bond acceptors (Lipinski definition) is 5. The number of nitrogens with two attached hydrogens (primary N) is 2. The van der Waals surface area contributed by atoms with E-state index in [0.717, 1.165) is 10.8 Å². The highest BCUT2D eigenvalue weighted by Crippen LogP contribution is 2.26. The van der Waals surface area contributed by atoms with Gasteiger partial charge in [-0.2, -0.15) is 0 Å². The molecule has 2 heterocycles. The first-order valence-electron chi connectivity index (χ1n) is 5.95. The smallest absolute Gasteiger partial charge is 0.237 e. The van der Waals surface area contributed by atoms with Crippen LogP contribution in [-0.4, -0.2) is 31.3 Å². The topological polar surface area (TPSA) is 99.3 Å². The fraction of sp³-hybridized carbons (Fsp3) is 0.417. The molecule has 0 aromatic carbocycles. The Hall–Kier alpha value is -1.60. The summed E-state index contributed by atoms with van der Waals surface area (Å²) in [5, 5.41) is 9.09. The van der Waals surface area contributed by atoms with Crippen LogP contribution in [0.4, 0.5) is 0 Å². The van der Waals surface area contributed by atoms with Crippen LogP contribution in [-0.2, 0) is 4.79 Å². The minimum atomic E-state index is -1.01. The van der Waals surface area contributed by atoms with Crippen LogP contribution in [0, 0.1) is 0 Å². The van der Waals surface area contributed by atoms with Crippen LogP contribution in [0.3, 0.4) is 0 Å². The van der Waals surface area contributed by atoms with Gasteiger partial charge in [-0.1, -0.05) is 24.8 Å². The largest absolute Gasteiger partial charge is 0.368 e. The summed E-state index contributed by atoms with van der Waals surface area (Å²) in [5.41, 5.74) is 10.9. The van der Waals surface area contributed by atoms with E-state index in [-0.39, 0.29) is 5.25 Å². The maximum absolute atomic E-state index is 11.2. The number of rotatable bonds is 5.